The topological polar surface area (TPSA) is 62.1 Å². The number of nitriles is 1. The number of hydrogen-bond acceptors (Lipinski definition) is 3. The fraction of sp³-hybridized carbons (Fsp3) is 0.500. The van der Waals surface area contributed by atoms with Gasteiger partial charge in [0.05, 0.1) is 19.1 Å². The molecule has 1 fully saturated rings. The van der Waals surface area contributed by atoms with Crippen LogP contribution in [-0.2, 0) is 4.79 Å². The van der Waals surface area contributed by atoms with Crippen LogP contribution in [0.15, 0.2) is 30.3 Å². The zero-order valence-corrected chi connectivity index (χ0v) is 11.6. The molecule has 0 unspecified atom stereocenters. The van der Waals surface area contributed by atoms with Crippen LogP contribution >= 0.6 is 0 Å². The number of para-hydroxylation sites is 1. The molecule has 4 heteroatoms. The summed E-state index contributed by atoms with van der Waals surface area (Å²) < 4.78 is 5.49. The van der Waals surface area contributed by atoms with Crippen molar-refractivity contribution in [3.05, 3.63) is 30.3 Å². The lowest BCUT2D eigenvalue weighted by molar-refractivity contribution is -0.123. The minimum atomic E-state index is -0.651. The van der Waals surface area contributed by atoms with Gasteiger partial charge in [-0.25, -0.2) is 0 Å². The third-order valence-corrected chi connectivity index (χ3v) is 3.64. The number of nitrogens with one attached hydrogen (secondary N) is 1. The van der Waals surface area contributed by atoms with Crippen molar-refractivity contribution >= 4 is 5.91 Å². The van der Waals surface area contributed by atoms with Crippen LogP contribution in [0.5, 0.6) is 5.75 Å². The number of carbonyl (C=O) groups excluding carboxylic acids is 1. The summed E-state index contributed by atoms with van der Waals surface area (Å²) in [6, 6.07) is 11.7. The van der Waals surface area contributed by atoms with Crippen molar-refractivity contribution in [1.82, 2.24) is 5.32 Å². The SMILES string of the molecule is N#CC1(NC(=O)CCOc2ccccc2)CCCCC1. The van der Waals surface area contributed by atoms with E-state index in [1.807, 2.05) is 30.3 Å². The first kappa shape index (κ1) is 14.4. The molecule has 1 aromatic rings. The van der Waals surface area contributed by atoms with E-state index in [-0.39, 0.29) is 12.3 Å². The van der Waals surface area contributed by atoms with E-state index >= 15 is 0 Å². The number of amides is 1. The molecule has 1 aliphatic rings. The highest BCUT2D eigenvalue weighted by molar-refractivity contribution is 5.77. The molecule has 1 amide bonds. The largest absolute Gasteiger partial charge is 0.493 e. The Bertz CT molecular complexity index is 473. The monoisotopic (exact) mass is 272 g/mol. The molecule has 1 saturated carbocycles. The maximum atomic E-state index is 11.9. The van der Waals surface area contributed by atoms with Crippen LogP contribution in [0.2, 0.25) is 0 Å². The van der Waals surface area contributed by atoms with E-state index < -0.39 is 5.54 Å². The van der Waals surface area contributed by atoms with Gasteiger partial charge in [0.2, 0.25) is 5.91 Å². The Balaban J connectivity index is 1.76. The van der Waals surface area contributed by atoms with Gasteiger partial charge in [-0.3, -0.25) is 4.79 Å². The Morgan fingerprint density at radius 1 is 1.25 bits per heavy atom. The molecule has 0 saturated heterocycles. The summed E-state index contributed by atoms with van der Waals surface area (Å²) in [5.74, 6) is 0.650. The summed E-state index contributed by atoms with van der Waals surface area (Å²) in [4.78, 5) is 11.9. The minimum absolute atomic E-state index is 0.107. The molecule has 0 atom stereocenters. The maximum absolute atomic E-state index is 11.9. The molecule has 20 heavy (non-hydrogen) atoms. The van der Waals surface area contributed by atoms with Crippen LogP contribution in [0, 0.1) is 11.3 Å². The van der Waals surface area contributed by atoms with Crippen molar-refractivity contribution in [2.24, 2.45) is 0 Å². The maximum Gasteiger partial charge on any atom is 0.224 e. The Labute approximate surface area is 119 Å². The average Bonchev–Trinajstić information content (AvgIpc) is 2.49. The van der Waals surface area contributed by atoms with Gasteiger partial charge in [-0.05, 0) is 25.0 Å². The summed E-state index contributed by atoms with van der Waals surface area (Å²) >= 11 is 0. The second-order valence-electron chi connectivity index (χ2n) is 5.21. The van der Waals surface area contributed by atoms with E-state index in [4.69, 9.17) is 4.74 Å². The Morgan fingerprint density at radius 2 is 1.95 bits per heavy atom. The number of ether oxygens (including phenoxy) is 1. The standard InChI is InChI=1S/C16H20N2O2/c17-13-16(10-5-2-6-11-16)18-15(19)9-12-20-14-7-3-1-4-8-14/h1,3-4,7-8H,2,5-6,9-12H2,(H,18,19). The lowest BCUT2D eigenvalue weighted by Crippen LogP contribution is -2.48. The number of carbonyl (C=O) groups is 1. The third kappa shape index (κ3) is 3.99. The van der Waals surface area contributed by atoms with Crippen molar-refractivity contribution < 1.29 is 9.53 Å². The number of hydrogen-bond donors (Lipinski definition) is 1. The molecule has 1 aromatic carbocycles. The van der Waals surface area contributed by atoms with E-state index in [0.29, 0.717) is 6.61 Å². The molecular formula is C16H20N2O2. The van der Waals surface area contributed by atoms with E-state index in [0.717, 1.165) is 37.9 Å². The fourth-order valence-corrected chi connectivity index (χ4v) is 2.53. The van der Waals surface area contributed by atoms with Gasteiger partial charge in [-0.15, -0.1) is 0 Å². The molecule has 0 radical (unpaired) electrons. The third-order valence-electron chi connectivity index (χ3n) is 3.64. The van der Waals surface area contributed by atoms with Crippen molar-refractivity contribution in [3.8, 4) is 11.8 Å². The van der Waals surface area contributed by atoms with Gasteiger partial charge in [0.15, 0.2) is 0 Å². The summed E-state index contributed by atoms with van der Waals surface area (Å²) in [6.07, 6.45) is 4.96. The highest BCUT2D eigenvalue weighted by Gasteiger charge is 2.33. The quantitative estimate of drug-likeness (QED) is 0.896. The smallest absolute Gasteiger partial charge is 0.224 e. The van der Waals surface area contributed by atoms with Crippen LogP contribution in [0.3, 0.4) is 0 Å². The predicted octanol–water partition coefficient (Wildman–Crippen LogP) is 2.80. The normalized spacial score (nSPS) is 16.9. The number of rotatable bonds is 5. The van der Waals surface area contributed by atoms with Crippen molar-refractivity contribution in [1.29, 1.82) is 5.26 Å². The van der Waals surface area contributed by atoms with E-state index in [9.17, 15) is 10.1 Å². The molecular weight excluding hydrogens is 252 g/mol. The van der Waals surface area contributed by atoms with Crippen LogP contribution in [0.4, 0.5) is 0 Å². The van der Waals surface area contributed by atoms with Gasteiger partial charge in [-0.1, -0.05) is 37.5 Å². The van der Waals surface area contributed by atoms with E-state index in [2.05, 4.69) is 11.4 Å². The molecule has 1 aliphatic carbocycles. The highest BCUT2D eigenvalue weighted by atomic mass is 16.5. The summed E-state index contributed by atoms with van der Waals surface area (Å²) in [6.45, 7) is 0.331. The summed E-state index contributed by atoms with van der Waals surface area (Å²) in [5.41, 5.74) is -0.651. The molecule has 0 aromatic heterocycles. The Morgan fingerprint density at radius 3 is 2.60 bits per heavy atom. The molecule has 0 heterocycles. The lowest BCUT2D eigenvalue weighted by Gasteiger charge is -2.31. The van der Waals surface area contributed by atoms with Crippen LogP contribution in [0.25, 0.3) is 0 Å². The zero-order chi connectivity index (χ0) is 14.3. The highest BCUT2D eigenvalue weighted by Crippen LogP contribution is 2.27. The van der Waals surface area contributed by atoms with Crippen molar-refractivity contribution in [3.63, 3.8) is 0 Å². The molecule has 0 aliphatic heterocycles. The second-order valence-corrected chi connectivity index (χ2v) is 5.21. The van der Waals surface area contributed by atoms with Gasteiger partial charge < -0.3 is 10.1 Å². The molecule has 106 valence electrons. The second kappa shape index (κ2) is 6.95. The summed E-state index contributed by atoms with van der Waals surface area (Å²) in [5, 5.41) is 12.2. The first-order valence-corrected chi connectivity index (χ1v) is 7.14. The Kier molecular flexibility index (Phi) is 5.00. The van der Waals surface area contributed by atoms with Crippen LogP contribution < -0.4 is 10.1 Å². The molecule has 4 nitrogen and oxygen atoms in total. The van der Waals surface area contributed by atoms with Crippen LogP contribution in [-0.4, -0.2) is 18.1 Å². The van der Waals surface area contributed by atoms with E-state index in [1.54, 1.807) is 0 Å². The van der Waals surface area contributed by atoms with Gasteiger partial charge in [0.1, 0.15) is 11.3 Å². The Hall–Kier alpha value is -2.02. The first-order valence-electron chi connectivity index (χ1n) is 7.14. The zero-order valence-electron chi connectivity index (χ0n) is 11.6. The first-order chi connectivity index (χ1) is 9.74. The predicted molar refractivity (Wildman–Crippen MR) is 76.1 cm³/mol. The van der Waals surface area contributed by atoms with Gasteiger partial charge in [-0.2, -0.15) is 5.26 Å². The van der Waals surface area contributed by atoms with E-state index in [1.165, 1.54) is 0 Å². The van der Waals surface area contributed by atoms with Gasteiger partial charge >= 0.3 is 0 Å². The number of nitrogens with zero attached hydrogens (tertiary/aromatic N) is 1. The molecule has 0 spiro atoms. The average molecular weight is 272 g/mol. The minimum Gasteiger partial charge on any atom is -0.493 e. The fourth-order valence-electron chi connectivity index (χ4n) is 2.53. The van der Waals surface area contributed by atoms with Crippen molar-refractivity contribution in [2.75, 3.05) is 6.61 Å². The molecule has 1 N–H and O–H groups in total. The number of benzene rings is 1. The lowest BCUT2D eigenvalue weighted by atomic mass is 9.83. The molecule has 2 rings (SSSR count). The van der Waals surface area contributed by atoms with Crippen molar-refractivity contribution in [2.45, 2.75) is 44.1 Å². The van der Waals surface area contributed by atoms with Gasteiger partial charge in [0, 0.05) is 0 Å². The summed E-state index contributed by atoms with van der Waals surface area (Å²) in [7, 11) is 0. The molecule has 0 bridgehead atoms. The van der Waals surface area contributed by atoms with Gasteiger partial charge in [0.25, 0.3) is 0 Å². The van der Waals surface area contributed by atoms with Crippen LogP contribution in [0.1, 0.15) is 38.5 Å².